The maximum atomic E-state index is 13.1. The van der Waals surface area contributed by atoms with E-state index in [4.69, 9.17) is 11.6 Å². The molecule has 1 aromatic carbocycles. The van der Waals surface area contributed by atoms with E-state index in [1.165, 1.54) is 16.7 Å². The molecule has 124 valence electrons. The SMILES string of the molecule is Cn1ccc2c(cc(C(=O)NCc3ccc(F)c(Cl)c3)n2C)c1=O. The standard InChI is InChI=1S/C17H15ClFN3O2/c1-21-6-5-14-11(17(21)24)8-15(22(14)2)16(23)20-9-10-3-4-13(19)12(18)7-10/h3-8H,9H2,1-2H3,(H,20,23). The molecular weight excluding hydrogens is 333 g/mol. The molecule has 0 aliphatic heterocycles. The number of fused-ring (bicyclic) bond motifs is 1. The van der Waals surface area contributed by atoms with E-state index in [2.05, 4.69) is 5.32 Å². The molecule has 0 atom stereocenters. The summed E-state index contributed by atoms with van der Waals surface area (Å²) in [6.07, 6.45) is 1.66. The number of halogens is 2. The fraction of sp³-hybridized carbons (Fsp3) is 0.176. The zero-order chi connectivity index (χ0) is 17.4. The van der Waals surface area contributed by atoms with Gasteiger partial charge >= 0.3 is 0 Å². The van der Waals surface area contributed by atoms with E-state index in [0.717, 1.165) is 0 Å². The number of nitrogens with one attached hydrogen (secondary N) is 1. The maximum Gasteiger partial charge on any atom is 0.268 e. The summed E-state index contributed by atoms with van der Waals surface area (Å²) in [5, 5.41) is 3.24. The van der Waals surface area contributed by atoms with Gasteiger partial charge in [0.15, 0.2) is 0 Å². The van der Waals surface area contributed by atoms with E-state index in [0.29, 0.717) is 22.2 Å². The Morgan fingerprint density at radius 3 is 2.71 bits per heavy atom. The van der Waals surface area contributed by atoms with Crippen molar-refractivity contribution in [2.24, 2.45) is 14.1 Å². The van der Waals surface area contributed by atoms with Gasteiger partial charge in [-0.1, -0.05) is 17.7 Å². The number of pyridine rings is 1. The third kappa shape index (κ3) is 2.80. The summed E-state index contributed by atoms with van der Waals surface area (Å²) in [4.78, 5) is 24.5. The highest BCUT2D eigenvalue weighted by molar-refractivity contribution is 6.30. The third-order valence-corrected chi connectivity index (χ3v) is 4.25. The van der Waals surface area contributed by atoms with Crippen molar-refractivity contribution in [1.29, 1.82) is 0 Å². The smallest absolute Gasteiger partial charge is 0.268 e. The second-order valence-corrected chi connectivity index (χ2v) is 5.96. The molecule has 1 N–H and O–H groups in total. The van der Waals surface area contributed by atoms with Crippen molar-refractivity contribution < 1.29 is 9.18 Å². The molecule has 3 aromatic rings. The summed E-state index contributed by atoms with van der Waals surface area (Å²) in [5.41, 5.74) is 1.59. The van der Waals surface area contributed by atoms with Gasteiger partial charge in [0.05, 0.1) is 15.9 Å². The molecule has 0 aliphatic carbocycles. The van der Waals surface area contributed by atoms with Gasteiger partial charge in [0.2, 0.25) is 0 Å². The number of carbonyl (C=O) groups excluding carboxylic acids is 1. The zero-order valence-corrected chi connectivity index (χ0v) is 13.9. The summed E-state index contributed by atoms with van der Waals surface area (Å²) in [7, 11) is 3.39. The van der Waals surface area contributed by atoms with Crippen LogP contribution in [0.15, 0.2) is 41.3 Å². The minimum Gasteiger partial charge on any atom is -0.347 e. The van der Waals surface area contributed by atoms with Crippen molar-refractivity contribution in [3.8, 4) is 0 Å². The van der Waals surface area contributed by atoms with Crippen LogP contribution in [0.2, 0.25) is 5.02 Å². The molecule has 1 amide bonds. The van der Waals surface area contributed by atoms with E-state index in [-0.39, 0.29) is 23.0 Å². The molecule has 2 heterocycles. The summed E-state index contributed by atoms with van der Waals surface area (Å²) in [6.45, 7) is 0.207. The van der Waals surface area contributed by atoms with Gasteiger partial charge in [-0.05, 0) is 29.8 Å². The van der Waals surface area contributed by atoms with Crippen molar-refractivity contribution in [3.05, 3.63) is 69.0 Å². The van der Waals surface area contributed by atoms with Gasteiger partial charge in [-0.2, -0.15) is 0 Å². The zero-order valence-electron chi connectivity index (χ0n) is 13.1. The highest BCUT2D eigenvalue weighted by atomic mass is 35.5. The lowest BCUT2D eigenvalue weighted by molar-refractivity contribution is 0.0943. The molecule has 0 saturated heterocycles. The van der Waals surface area contributed by atoms with Crippen molar-refractivity contribution in [2.45, 2.75) is 6.54 Å². The van der Waals surface area contributed by atoms with Crippen LogP contribution in [-0.4, -0.2) is 15.0 Å². The van der Waals surface area contributed by atoms with Gasteiger partial charge < -0.3 is 14.5 Å². The number of benzene rings is 1. The Morgan fingerprint density at radius 2 is 2.00 bits per heavy atom. The van der Waals surface area contributed by atoms with Crippen LogP contribution in [0.4, 0.5) is 4.39 Å². The number of aryl methyl sites for hydroxylation is 2. The van der Waals surface area contributed by atoms with Gasteiger partial charge in [0.25, 0.3) is 11.5 Å². The highest BCUT2D eigenvalue weighted by Gasteiger charge is 2.15. The molecule has 5 nitrogen and oxygen atoms in total. The van der Waals surface area contributed by atoms with Gasteiger partial charge in [-0.3, -0.25) is 9.59 Å². The van der Waals surface area contributed by atoms with Crippen LogP contribution in [0.1, 0.15) is 16.1 Å². The van der Waals surface area contributed by atoms with Crippen LogP contribution in [0.25, 0.3) is 10.9 Å². The largest absolute Gasteiger partial charge is 0.347 e. The monoisotopic (exact) mass is 347 g/mol. The maximum absolute atomic E-state index is 13.1. The molecule has 0 aliphatic rings. The number of hydrogen-bond acceptors (Lipinski definition) is 2. The molecule has 2 aromatic heterocycles. The average molecular weight is 348 g/mol. The normalized spacial score (nSPS) is 11.0. The van der Waals surface area contributed by atoms with Crippen molar-refractivity contribution >= 4 is 28.4 Å². The van der Waals surface area contributed by atoms with Gasteiger partial charge in [0.1, 0.15) is 11.5 Å². The summed E-state index contributed by atoms with van der Waals surface area (Å²) < 4.78 is 16.3. The summed E-state index contributed by atoms with van der Waals surface area (Å²) in [5.74, 6) is -0.826. The Hall–Kier alpha value is -2.60. The Bertz CT molecular complexity index is 1010. The number of nitrogens with zero attached hydrogens (tertiary/aromatic N) is 2. The molecule has 0 radical (unpaired) electrons. The first-order valence-electron chi connectivity index (χ1n) is 7.25. The molecule has 0 unspecified atom stereocenters. The van der Waals surface area contributed by atoms with Gasteiger partial charge in [0, 0.05) is 26.8 Å². The summed E-state index contributed by atoms with van der Waals surface area (Å²) in [6, 6.07) is 7.63. The first kappa shape index (κ1) is 16.3. The van der Waals surface area contributed by atoms with Crippen LogP contribution in [0, 0.1) is 5.82 Å². The van der Waals surface area contributed by atoms with Crippen LogP contribution in [-0.2, 0) is 20.6 Å². The first-order valence-corrected chi connectivity index (χ1v) is 7.63. The molecule has 0 saturated carbocycles. The highest BCUT2D eigenvalue weighted by Crippen LogP contribution is 2.17. The number of hydrogen-bond donors (Lipinski definition) is 1. The van der Waals surface area contributed by atoms with Crippen molar-refractivity contribution in [2.75, 3.05) is 0 Å². The van der Waals surface area contributed by atoms with Crippen molar-refractivity contribution in [3.63, 3.8) is 0 Å². The molecule has 3 rings (SSSR count). The van der Waals surface area contributed by atoms with Crippen LogP contribution < -0.4 is 10.9 Å². The number of aromatic nitrogens is 2. The van der Waals surface area contributed by atoms with Crippen LogP contribution in [0.3, 0.4) is 0 Å². The third-order valence-electron chi connectivity index (χ3n) is 3.96. The van der Waals surface area contributed by atoms with Gasteiger partial charge in [-0.25, -0.2) is 4.39 Å². The van der Waals surface area contributed by atoms with E-state index in [1.54, 1.807) is 43.1 Å². The van der Waals surface area contributed by atoms with E-state index in [1.807, 2.05) is 0 Å². The average Bonchev–Trinajstić information content (AvgIpc) is 2.89. The van der Waals surface area contributed by atoms with E-state index < -0.39 is 5.82 Å². The Morgan fingerprint density at radius 1 is 1.25 bits per heavy atom. The van der Waals surface area contributed by atoms with Gasteiger partial charge in [-0.15, -0.1) is 0 Å². The van der Waals surface area contributed by atoms with E-state index in [9.17, 15) is 14.0 Å². The van der Waals surface area contributed by atoms with Crippen LogP contribution >= 0.6 is 11.6 Å². The summed E-state index contributed by atoms with van der Waals surface area (Å²) >= 11 is 5.73. The fourth-order valence-electron chi connectivity index (χ4n) is 2.57. The first-order chi connectivity index (χ1) is 11.4. The van der Waals surface area contributed by atoms with Crippen molar-refractivity contribution in [1.82, 2.24) is 14.5 Å². The Kier molecular flexibility index (Phi) is 4.15. The predicted molar refractivity (Wildman–Crippen MR) is 90.7 cm³/mol. The minimum absolute atomic E-state index is 0.00912. The lowest BCUT2D eigenvalue weighted by atomic mass is 10.2. The molecule has 0 fully saturated rings. The quantitative estimate of drug-likeness (QED) is 0.791. The molecule has 0 bridgehead atoms. The molecular formula is C17H15ClFN3O2. The van der Waals surface area contributed by atoms with Crippen LogP contribution in [0.5, 0.6) is 0 Å². The second-order valence-electron chi connectivity index (χ2n) is 5.55. The minimum atomic E-state index is -0.503. The predicted octanol–water partition coefficient (Wildman–Crippen LogP) is 2.60. The topological polar surface area (TPSA) is 56.0 Å². The number of amides is 1. The molecule has 0 spiro atoms. The van der Waals surface area contributed by atoms with E-state index >= 15 is 0 Å². The lowest BCUT2D eigenvalue weighted by Gasteiger charge is -2.07. The molecule has 7 heteroatoms. The Labute approximate surface area is 142 Å². The number of carbonyl (C=O) groups is 1. The number of rotatable bonds is 3. The fourth-order valence-corrected chi connectivity index (χ4v) is 2.77. The lowest BCUT2D eigenvalue weighted by Crippen LogP contribution is -2.24. The second kappa shape index (κ2) is 6.13. The Balaban J connectivity index is 1.86. The molecule has 24 heavy (non-hydrogen) atoms.